The number of carbonyl (C=O) groups excluding carboxylic acids is 1. The second kappa shape index (κ2) is 6.61. The second-order valence-electron chi connectivity index (χ2n) is 5.38. The highest BCUT2D eigenvalue weighted by Gasteiger charge is 2.33. The maximum absolute atomic E-state index is 12.0. The molecule has 114 valence electrons. The summed E-state index contributed by atoms with van der Waals surface area (Å²) in [6.45, 7) is 4.38. The van der Waals surface area contributed by atoms with Crippen molar-refractivity contribution in [3.05, 3.63) is 29.8 Å². The van der Waals surface area contributed by atoms with Crippen LogP contribution in [0, 0.1) is 0 Å². The van der Waals surface area contributed by atoms with Crippen LogP contribution < -0.4 is 4.74 Å². The standard InChI is InChI=1S/C16H21NO4/c1-3-15(18)17-11(2)4-7-13(17)10-21-14-8-5-12(6-9-14)16(19)20/h5-6,8-9,11,13H,3-4,7,10H2,1-2H3,(H,19,20)/t11-,13-/m0/s1. The van der Waals surface area contributed by atoms with Crippen LogP contribution in [-0.4, -0.2) is 40.6 Å². The Balaban J connectivity index is 1.95. The van der Waals surface area contributed by atoms with Gasteiger partial charge in [0.1, 0.15) is 12.4 Å². The number of carboxylic acids is 1. The van der Waals surface area contributed by atoms with Crippen molar-refractivity contribution in [3.63, 3.8) is 0 Å². The number of hydrogen-bond acceptors (Lipinski definition) is 3. The molecule has 0 radical (unpaired) electrons. The molecule has 0 unspecified atom stereocenters. The van der Waals surface area contributed by atoms with Gasteiger partial charge in [0.25, 0.3) is 0 Å². The Kier molecular flexibility index (Phi) is 4.83. The van der Waals surface area contributed by atoms with Gasteiger partial charge in [-0.3, -0.25) is 4.79 Å². The van der Waals surface area contributed by atoms with Crippen molar-refractivity contribution in [1.29, 1.82) is 0 Å². The molecule has 1 aliphatic heterocycles. The first-order valence-corrected chi connectivity index (χ1v) is 7.30. The minimum Gasteiger partial charge on any atom is -0.491 e. The monoisotopic (exact) mass is 291 g/mol. The number of benzene rings is 1. The molecule has 5 heteroatoms. The van der Waals surface area contributed by atoms with Crippen LogP contribution in [0.25, 0.3) is 0 Å². The topological polar surface area (TPSA) is 66.8 Å². The Bertz CT molecular complexity index is 512. The molecular weight excluding hydrogens is 270 g/mol. The van der Waals surface area contributed by atoms with Gasteiger partial charge < -0.3 is 14.7 Å². The summed E-state index contributed by atoms with van der Waals surface area (Å²) in [6.07, 6.45) is 2.45. The first kappa shape index (κ1) is 15.4. The van der Waals surface area contributed by atoms with Crippen LogP contribution in [0.1, 0.15) is 43.5 Å². The van der Waals surface area contributed by atoms with Crippen molar-refractivity contribution in [2.24, 2.45) is 0 Å². The number of aromatic carboxylic acids is 1. The second-order valence-corrected chi connectivity index (χ2v) is 5.38. The third kappa shape index (κ3) is 3.54. The number of hydrogen-bond donors (Lipinski definition) is 1. The molecule has 0 saturated carbocycles. The molecule has 2 atom stereocenters. The Labute approximate surface area is 124 Å². The third-order valence-electron chi connectivity index (χ3n) is 3.92. The maximum Gasteiger partial charge on any atom is 0.335 e. The molecular formula is C16H21NO4. The van der Waals surface area contributed by atoms with Crippen LogP contribution in [0.4, 0.5) is 0 Å². The maximum atomic E-state index is 12.0. The number of rotatable bonds is 5. The van der Waals surface area contributed by atoms with E-state index >= 15 is 0 Å². The SMILES string of the molecule is CCC(=O)N1[C@H](COc2ccc(C(=O)O)cc2)CC[C@@H]1C. The number of likely N-dealkylation sites (tertiary alicyclic amines) is 1. The molecule has 2 rings (SSSR count). The predicted molar refractivity (Wildman–Crippen MR) is 78.5 cm³/mol. The minimum absolute atomic E-state index is 0.103. The van der Waals surface area contributed by atoms with E-state index in [1.165, 1.54) is 12.1 Å². The molecule has 0 aromatic heterocycles. The van der Waals surface area contributed by atoms with E-state index in [-0.39, 0.29) is 23.6 Å². The molecule has 0 spiro atoms. The van der Waals surface area contributed by atoms with E-state index in [0.717, 1.165) is 12.8 Å². The van der Waals surface area contributed by atoms with E-state index in [1.807, 2.05) is 11.8 Å². The van der Waals surface area contributed by atoms with Crippen molar-refractivity contribution < 1.29 is 19.4 Å². The molecule has 1 saturated heterocycles. The van der Waals surface area contributed by atoms with Gasteiger partial charge in [-0.2, -0.15) is 0 Å². The number of ether oxygens (including phenoxy) is 1. The van der Waals surface area contributed by atoms with Crippen LogP contribution in [0.2, 0.25) is 0 Å². The summed E-state index contributed by atoms with van der Waals surface area (Å²) < 4.78 is 5.71. The predicted octanol–water partition coefficient (Wildman–Crippen LogP) is 2.55. The van der Waals surface area contributed by atoms with E-state index in [0.29, 0.717) is 18.8 Å². The third-order valence-corrected chi connectivity index (χ3v) is 3.92. The summed E-state index contributed by atoms with van der Waals surface area (Å²) >= 11 is 0. The summed E-state index contributed by atoms with van der Waals surface area (Å²) in [5.74, 6) is -0.163. The van der Waals surface area contributed by atoms with E-state index < -0.39 is 5.97 Å². The molecule has 1 heterocycles. The highest BCUT2D eigenvalue weighted by atomic mass is 16.5. The van der Waals surface area contributed by atoms with Gasteiger partial charge in [0.15, 0.2) is 0 Å². The molecule has 21 heavy (non-hydrogen) atoms. The van der Waals surface area contributed by atoms with E-state index in [4.69, 9.17) is 9.84 Å². The van der Waals surface area contributed by atoms with E-state index in [2.05, 4.69) is 6.92 Å². The van der Waals surface area contributed by atoms with Crippen molar-refractivity contribution in [2.75, 3.05) is 6.61 Å². The number of carbonyl (C=O) groups is 2. The summed E-state index contributed by atoms with van der Waals surface area (Å²) in [4.78, 5) is 24.7. The molecule has 5 nitrogen and oxygen atoms in total. The fraction of sp³-hybridized carbons (Fsp3) is 0.500. The highest BCUT2D eigenvalue weighted by molar-refractivity contribution is 5.87. The van der Waals surface area contributed by atoms with Crippen molar-refractivity contribution in [3.8, 4) is 5.75 Å². The first-order valence-electron chi connectivity index (χ1n) is 7.30. The summed E-state index contributed by atoms with van der Waals surface area (Å²) in [6, 6.07) is 6.70. The van der Waals surface area contributed by atoms with Crippen molar-refractivity contribution in [1.82, 2.24) is 4.90 Å². The quantitative estimate of drug-likeness (QED) is 0.905. The van der Waals surface area contributed by atoms with Crippen LogP contribution in [-0.2, 0) is 4.79 Å². The lowest BCUT2D eigenvalue weighted by molar-refractivity contribution is -0.134. The normalized spacial score (nSPS) is 21.3. The fourth-order valence-corrected chi connectivity index (χ4v) is 2.75. The van der Waals surface area contributed by atoms with Gasteiger partial charge in [0.05, 0.1) is 11.6 Å². The lowest BCUT2D eigenvalue weighted by Gasteiger charge is -2.28. The zero-order valence-corrected chi connectivity index (χ0v) is 12.4. The smallest absolute Gasteiger partial charge is 0.335 e. The van der Waals surface area contributed by atoms with Crippen LogP contribution in [0.5, 0.6) is 5.75 Å². The van der Waals surface area contributed by atoms with Gasteiger partial charge in [-0.05, 0) is 44.0 Å². The molecule has 1 aromatic carbocycles. The number of nitrogens with zero attached hydrogens (tertiary/aromatic N) is 1. The molecule has 1 aromatic rings. The molecule has 0 bridgehead atoms. The van der Waals surface area contributed by atoms with Gasteiger partial charge in [0, 0.05) is 12.5 Å². The fourth-order valence-electron chi connectivity index (χ4n) is 2.75. The number of carboxylic acid groups (broad SMARTS) is 1. The largest absolute Gasteiger partial charge is 0.491 e. The minimum atomic E-state index is -0.953. The number of amides is 1. The van der Waals surface area contributed by atoms with Crippen molar-refractivity contribution >= 4 is 11.9 Å². The lowest BCUT2D eigenvalue weighted by atomic mass is 10.2. The van der Waals surface area contributed by atoms with Crippen LogP contribution in [0.3, 0.4) is 0 Å². The lowest BCUT2D eigenvalue weighted by Crippen LogP contribution is -2.42. The molecule has 1 aliphatic rings. The molecule has 1 N–H and O–H groups in total. The zero-order chi connectivity index (χ0) is 15.4. The Hall–Kier alpha value is -2.04. The zero-order valence-electron chi connectivity index (χ0n) is 12.4. The Morgan fingerprint density at radius 3 is 2.52 bits per heavy atom. The Morgan fingerprint density at radius 2 is 1.95 bits per heavy atom. The summed E-state index contributed by atoms with van der Waals surface area (Å²) in [7, 11) is 0. The van der Waals surface area contributed by atoms with Crippen LogP contribution in [0.15, 0.2) is 24.3 Å². The average Bonchev–Trinajstić information content (AvgIpc) is 2.85. The summed E-state index contributed by atoms with van der Waals surface area (Å²) in [5.41, 5.74) is 0.236. The molecule has 1 amide bonds. The highest BCUT2D eigenvalue weighted by Crippen LogP contribution is 2.25. The average molecular weight is 291 g/mol. The van der Waals surface area contributed by atoms with Crippen molar-refractivity contribution in [2.45, 2.75) is 45.2 Å². The van der Waals surface area contributed by atoms with Gasteiger partial charge in [-0.15, -0.1) is 0 Å². The molecule has 0 aliphatic carbocycles. The van der Waals surface area contributed by atoms with Gasteiger partial charge in [0.2, 0.25) is 5.91 Å². The van der Waals surface area contributed by atoms with E-state index in [1.54, 1.807) is 12.1 Å². The summed E-state index contributed by atoms with van der Waals surface area (Å²) in [5, 5.41) is 8.85. The molecule has 1 fully saturated rings. The van der Waals surface area contributed by atoms with Gasteiger partial charge >= 0.3 is 5.97 Å². The van der Waals surface area contributed by atoms with E-state index in [9.17, 15) is 9.59 Å². The Morgan fingerprint density at radius 1 is 1.29 bits per heavy atom. The first-order chi connectivity index (χ1) is 10.0. The van der Waals surface area contributed by atoms with Crippen LogP contribution >= 0.6 is 0 Å². The van der Waals surface area contributed by atoms with Gasteiger partial charge in [-0.25, -0.2) is 4.79 Å². The van der Waals surface area contributed by atoms with Gasteiger partial charge in [-0.1, -0.05) is 6.92 Å².